The summed E-state index contributed by atoms with van der Waals surface area (Å²) in [5.41, 5.74) is 0.932. The fourth-order valence-corrected chi connectivity index (χ4v) is 3.41. The molecule has 0 saturated carbocycles. The van der Waals surface area contributed by atoms with Gasteiger partial charge < -0.3 is 5.32 Å². The van der Waals surface area contributed by atoms with Gasteiger partial charge in [-0.3, -0.25) is 4.79 Å². The molecule has 0 spiro atoms. The number of carbonyl (C=O) groups excluding carboxylic acids is 1. The van der Waals surface area contributed by atoms with Crippen molar-refractivity contribution in [2.75, 3.05) is 19.3 Å². The molecule has 0 aliphatic rings. The molecular weight excluding hydrogens is 300 g/mol. The Morgan fingerprint density at radius 3 is 2.27 bits per heavy atom. The summed E-state index contributed by atoms with van der Waals surface area (Å²) in [6.07, 6.45) is 1.65. The van der Waals surface area contributed by atoms with Gasteiger partial charge in [0.15, 0.2) is 0 Å². The molecule has 0 bridgehead atoms. The van der Waals surface area contributed by atoms with Gasteiger partial charge in [0.2, 0.25) is 15.9 Å². The van der Waals surface area contributed by atoms with E-state index in [1.807, 2.05) is 51.1 Å². The molecule has 1 rings (SSSR count). The predicted molar refractivity (Wildman–Crippen MR) is 88.9 cm³/mol. The van der Waals surface area contributed by atoms with Crippen LogP contribution in [-0.4, -0.2) is 38.0 Å². The zero-order chi connectivity index (χ0) is 16.8. The van der Waals surface area contributed by atoms with Gasteiger partial charge in [0.05, 0.1) is 6.26 Å². The van der Waals surface area contributed by atoms with Crippen LogP contribution >= 0.6 is 0 Å². The van der Waals surface area contributed by atoms with Gasteiger partial charge in [0.1, 0.15) is 0 Å². The molecule has 0 aliphatic heterocycles. The van der Waals surface area contributed by atoms with E-state index in [4.69, 9.17) is 0 Å². The highest BCUT2D eigenvalue weighted by Gasteiger charge is 2.24. The lowest BCUT2D eigenvalue weighted by atomic mass is 10.1. The zero-order valence-electron chi connectivity index (χ0n) is 13.7. The third-order valence-electron chi connectivity index (χ3n) is 3.39. The van der Waals surface area contributed by atoms with Gasteiger partial charge in [-0.2, -0.15) is 4.31 Å². The maximum Gasteiger partial charge on any atom is 0.220 e. The van der Waals surface area contributed by atoms with E-state index in [1.165, 1.54) is 10.6 Å². The van der Waals surface area contributed by atoms with Crippen LogP contribution in [0, 0.1) is 5.92 Å². The second kappa shape index (κ2) is 8.29. The first kappa shape index (κ1) is 18.6. The van der Waals surface area contributed by atoms with E-state index >= 15 is 0 Å². The molecule has 1 aromatic carbocycles. The van der Waals surface area contributed by atoms with Crippen molar-refractivity contribution in [3.05, 3.63) is 35.9 Å². The second-order valence-electron chi connectivity index (χ2n) is 5.91. The number of carbonyl (C=O) groups is 1. The minimum absolute atomic E-state index is 0.0455. The second-order valence-corrected chi connectivity index (χ2v) is 7.84. The van der Waals surface area contributed by atoms with Crippen LogP contribution in [0.1, 0.15) is 38.8 Å². The molecule has 1 unspecified atom stereocenters. The molecule has 124 valence electrons. The van der Waals surface area contributed by atoms with E-state index in [9.17, 15) is 13.2 Å². The van der Waals surface area contributed by atoms with Crippen LogP contribution < -0.4 is 5.32 Å². The van der Waals surface area contributed by atoms with E-state index in [0.717, 1.165) is 5.56 Å². The minimum Gasteiger partial charge on any atom is -0.355 e. The number of benzene rings is 1. The van der Waals surface area contributed by atoms with Gasteiger partial charge >= 0.3 is 0 Å². The average molecular weight is 326 g/mol. The number of nitrogens with zero attached hydrogens (tertiary/aromatic N) is 1. The van der Waals surface area contributed by atoms with Gasteiger partial charge in [-0.15, -0.1) is 0 Å². The molecule has 1 amide bonds. The Balaban J connectivity index is 2.69. The molecular formula is C16H26N2O3S. The van der Waals surface area contributed by atoms with Crippen LogP contribution in [0.15, 0.2) is 30.3 Å². The van der Waals surface area contributed by atoms with Gasteiger partial charge in [0, 0.05) is 25.6 Å². The van der Waals surface area contributed by atoms with Gasteiger partial charge in [-0.1, -0.05) is 44.2 Å². The standard InChI is InChI=1S/C16H26N2O3S/c1-13(2)12-16(19)17-10-11-18(22(4,20)21)14(3)15-8-6-5-7-9-15/h5-9,13-14H,10-12H2,1-4H3,(H,17,19). The van der Waals surface area contributed by atoms with Crippen LogP contribution in [0.5, 0.6) is 0 Å². The molecule has 1 N–H and O–H groups in total. The van der Waals surface area contributed by atoms with E-state index in [1.54, 1.807) is 0 Å². The Bertz CT molecular complexity index is 570. The van der Waals surface area contributed by atoms with Crippen molar-refractivity contribution in [1.29, 1.82) is 0 Å². The Hall–Kier alpha value is -1.40. The highest BCUT2D eigenvalue weighted by molar-refractivity contribution is 7.88. The molecule has 1 atom stereocenters. The predicted octanol–water partition coefficient (Wildman–Crippen LogP) is 2.17. The van der Waals surface area contributed by atoms with Gasteiger partial charge in [-0.25, -0.2) is 8.42 Å². The lowest BCUT2D eigenvalue weighted by Gasteiger charge is -2.27. The fourth-order valence-electron chi connectivity index (χ4n) is 2.29. The van der Waals surface area contributed by atoms with Crippen molar-refractivity contribution >= 4 is 15.9 Å². The van der Waals surface area contributed by atoms with Gasteiger partial charge in [0.25, 0.3) is 0 Å². The first-order valence-electron chi connectivity index (χ1n) is 7.50. The van der Waals surface area contributed by atoms with Gasteiger partial charge in [-0.05, 0) is 18.4 Å². The number of hydrogen-bond acceptors (Lipinski definition) is 3. The highest BCUT2D eigenvalue weighted by Crippen LogP contribution is 2.21. The van der Waals surface area contributed by atoms with Crippen molar-refractivity contribution in [3.8, 4) is 0 Å². The summed E-state index contributed by atoms with van der Waals surface area (Å²) in [7, 11) is -3.35. The van der Waals surface area contributed by atoms with Crippen molar-refractivity contribution in [3.63, 3.8) is 0 Å². The van der Waals surface area contributed by atoms with Crippen molar-refractivity contribution in [2.45, 2.75) is 33.2 Å². The molecule has 5 nitrogen and oxygen atoms in total. The number of hydrogen-bond donors (Lipinski definition) is 1. The first-order valence-corrected chi connectivity index (χ1v) is 9.35. The topological polar surface area (TPSA) is 66.5 Å². The van der Waals surface area contributed by atoms with E-state index < -0.39 is 10.0 Å². The summed E-state index contributed by atoms with van der Waals surface area (Å²) in [4.78, 5) is 11.6. The molecule has 0 saturated heterocycles. The summed E-state index contributed by atoms with van der Waals surface area (Å²) in [5, 5.41) is 2.78. The van der Waals surface area contributed by atoms with E-state index in [2.05, 4.69) is 5.32 Å². The molecule has 0 heterocycles. The number of sulfonamides is 1. The van der Waals surface area contributed by atoms with Crippen LogP contribution in [0.4, 0.5) is 0 Å². The van der Waals surface area contributed by atoms with Crippen molar-refractivity contribution in [1.82, 2.24) is 9.62 Å². The highest BCUT2D eigenvalue weighted by atomic mass is 32.2. The Morgan fingerprint density at radius 2 is 1.77 bits per heavy atom. The molecule has 1 aromatic rings. The number of amides is 1. The molecule has 0 radical (unpaired) electrons. The van der Waals surface area contributed by atoms with Crippen LogP contribution in [0.3, 0.4) is 0 Å². The van der Waals surface area contributed by atoms with Crippen LogP contribution in [0.25, 0.3) is 0 Å². The Labute approximate surface area is 133 Å². The number of rotatable bonds is 8. The van der Waals surface area contributed by atoms with Crippen molar-refractivity contribution < 1.29 is 13.2 Å². The van der Waals surface area contributed by atoms with Crippen LogP contribution in [0.2, 0.25) is 0 Å². The SMILES string of the molecule is CC(C)CC(=O)NCCN(C(C)c1ccccc1)S(C)(=O)=O. The molecule has 0 fully saturated rings. The summed E-state index contributed by atoms with van der Waals surface area (Å²) < 4.78 is 25.4. The average Bonchev–Trinajstić information content (AvgIpc) is 2.42. The largest absolute Gasteiger partial charge is 0.355 e. The normalized spacial score (nSPS) is 13.4. The summed E-state index contributed by atoms with van der Waals surface area (Å²) in [6.45, 7) is 6.38. The minimum atomic E-state index is -3.35. The molecule has 0 aliphatic carbocycles. The summed E-state index contributed by atoms with van der Waals surface area (Å²) in [6, 6.07) is 9.21. The third kappa shape index (κ3) is 6.15. The van der Waals surface area contributed by atoms with Crippen LogP contribution in [-0.2, 0) is 14.8 Å². The summed E-state index contributed by atoms with van der Waals surface area (Å²) >= 11 is 0. The molecule has 0 aromatic heterocycles. The van der Waals surface area contributed by atoms with Crippen molar-refractivity contribution in [2.24, 2.45) is 5.92 Å². The fraction of sp³-hybridized carbons (Fsp3) is 0.562. The Morgan fingerprint density at radius 1 is 1.18 bits per heavy atom. The maximum absolute atomic E-state index is 12.0. The smallest absolute Gasteiger partial charge is 0.220 e. The van der Waals surface area contributed by atoms with E-state index in [-0.39, 0.29) is 24.4 Å². The Kier molecular flexibility index (Phi) is 7.03. The lowest BCUT2D eigenvalue weighted by molar-refractivity contribution is -0.121. The monoisotopic (exact) mass is 326 g/mol. The third-order valence-corrected chi connectivity index (χ3v) is 4.74. The number of nitrogens with one attached hydrogen (secondary N) is 1. The first-order chi connectivity index (χ1) is 10.2. The lowest BCUT2D eigenvalue weighted by Crippen LogP contribution is -2.39. The zero-order valence-corrected chi connectivity index (χ0v) is 14.6. The summed E-state index contributed by atoms with van der Waals surface area (Å²) in [5.74, 6) is 0.241. The quantitative estimate of drug-likeness (QED) is 0.796. The maximum atomic E-state index is 12.0. The molecule has 22 heavy (non-hydrogen) atoms. The van der Waals surface area contributed by atoms with E-state index in [0.29, 0.717) is 13.0 Å². The molecule has 6 heteroatoms.